The van der Waals surface area contributed by atoms with Crippen molar-refractivity contribution in [2.24, 2.45) is 4.99 Å². The predicted molar refractivity (Wildman–Crippen MR) is 82.5 cm³/mol. The van der Waals surface area contributed by atoms with Gasteiger partial charge in [-0.1, -0.05) is 60.3 Å². The van der Waals surface area contributed by atoms with E-state index >= 15 is 0 Å². The highest BCUT2D eigenvalue weighted by Gasteiger charge is 2.02. The number of benzene rings is 1. The Kier molecular flexibility index (Phi) is 11.8. The average Bonchev–Trinajstić information content (AvgIpc) is 2.42. The highest BCUT2D eigenvalue weighted by Crippen LogP contribution is 2.24. The van der Waals surface area contributed by atoms with Gasteiger partial charge in [-0.05, 0) is 35.9 Å². The highest BCUT2D eigenvalue weighted by atomic mass is 14.7. The molecule has 0 N–H and O–H groups in total. The van der Waals surface area contributed by atoms with Crippen molar-refractivity contribution < 1.29 is 0 Å². The molecule has 0 atom stereocenters. The van der Waals surface area contributed by atoms with Crippen molar-refractivity contribution in [3.05, 3.63) is 35.9 Å². The normalized spacial score (nSPS) is 8.41. The molecule has 0 unspecified atom stereocenters. The lowest BCUT2D eigenvalue weighted by molar-refractivity contribution is 0.866. The van der Waals surface area contributed by atoms with Gasteiger partial charge in [0.05, 0.1) is 5.69 Å². The number of hydrogen-bond donors (Lipinski definition) is 0. The molecule has 0 amide bonds. The van der Waals surface area contributed by atoms with Gasteiger partial charge < -0.3 is 0 Å². The maximum absolute atomic E-state index is 3.92. The smallest absolute Gasteiger partial charge is 0.0694 e. The summed E-state index contributed by atoms with van der Waals surface area (Å²) >= 11 is 0. The van der Waals surface area contributed by atoms with Gasteiger partial charge in [0, 0.05) is 0 Å². The fraction of sp³-hybridized carbons (Fsp3) is 0.438. The Balaban J connectivity index is 0. The number of nitrogens with zero attached hydrogens (tertiary/aromatic N) is 1. The van der Waals surface area contributed by atoms with Gasteiger partial charge in [-0.3, -0.25) is 4.99 Å². The summed E-state index contributed by atoms with van der Waals surface area (Å²) in [5.41, 5.74) is 3.27. The summed E-state index contributed by atoms with van der Waals surface area (Å²) in [6.07, 6.45) is 1.82. The Labute approximate surface area is 107 Å². The molecule has 0 bridgehead atoms. The van der Waals surface area contributed by atoms with Crippen LogP contribution in [0.25, 0.3) is 6.08 Å². The molecule has 0 radical (unpaired) electrons. The number of aliphatic imine (C=N–C) groups is 1. The lowest BCUT2D eigenvalue weighted by Crippen LogP contribution is -1.87. The van der Waals surface area contributed by atoms with Crippen molar-refractivity contribution in [1.82, 2.24) is 0 Å². The molecule has 0 fully saturated rings. The van der Waals surface area contributed by atoms with E-state index < -0.39 is 0 Å². The van der Waals surface area contributed by atoms with Gasteiger partial charge in [0.25, 0.3) is 0 Å². The van der Waals surface area contributed by atoms with Crippen LogP contribution in [-0.4, -0.2) is 6.72 Å². The van der Waals surface area contributed by atoms with Gasteiger partial charge in [-0.2, -0.15) is 0 Å². The molecule has 96 valence electrons. The summed E-state index contributed by atoms with van der Waals surface area (Å²) in [6.45, 7) is 19.6. The van der Waals surface area contributed by atoms with Crippen LogP contribution in [0.5, 0.6) is 0 Å². The second kappa shape index (κ2) is 11.1. The van der Waals surface area contributed by atoms with E-state index in [2.05, 4.69) is 44.3 Å². The molecule has 1 rings (SSSR count). The van der Waals surface area contributed by atoms with E-state index in [9.17, 15) is 0 Å². The van der Waals surface area contributed by atoms with Gasteiger partial charge in [-0.15, -0.1) is 0 Å². The van der Waals surface area contributed by atoms with Crippen molar-refractivity contribution in [2.75, 3.05) is 0 Å². The molecule has 0 saturated heterocycles. The zero-order chi connectivity index (χ0) is 13.8. The van der Waals surface area contributed by atoms with E-state index in [1.807, 2.05) is 39.8 Å². The zero-order valence-electron chi connectivity index (χ0n) is 12.2. The highest BCUT2D eigenvalue weighted by molar-refractivity contribution is 5.65. The second-order valence-corrected chi connectivity index (χ2v) is 3.34. The Morgan fingerprint density at radius 1 is 1.12 bits per heavy atom. The van der Waals surface area contributed by atoms with Crippen molar-refractivity contribution in [3.63, 3.8) is 0 Å². The molecule has 0 aliphatic heterocycles. The second-order valence-electron chi connectivity index (χ2n) is 3.34. The monoisotopic (exact) mass is 233 g/mol. The Hall–Kier alpha value is -1.37. The van der Waals surface area contributed by atoms with Crippen LogP contribution in [0, 0.1) is 0 Å². The van der Waals surface area contributed by atoms with Gasteiger partial charge in [0.2, 0.25) is 0 Å². The van der Waals surface area contributed by atoms with E-state index in [1.54, 1.807) is 0 Å². The van der Waals surface area contributed by atoms with Crippen LogP contribution in [0.2, 0.25) is 0 Å². The van der Waals surface area contributed by atoms with E-state index in [4.69, 9.17) is 0 Å². The van der Waals surface area contributed by atoms with Crippen LogP contribution in [-0.2, 0) is 0 Å². The number of hydrogen-bond acceptors (Lipinski definition) is 1. The third-order valence-electron chi connectivity index (χ3n) is 2.11. The molecule has 0 aromatic heterocycles. The molecular weight excluding hydrogens is 206 g/mol. The summed E-state index contributed by atoms with van der Waals surface area (Å²) in [7, 11) is 0. The van der Waals surface area contributed by atoms with Gasteiger partial charge in [0.15, 0.2) is 0 Å². The minimum atomic E-state index is 0.539. The lowest BCUT2D eigenvalue weighted by atomic mass is 10.00. The van der Waals surface area contributed by atoms with Crippen LogP contribution in [0.1, 0.15) is 58.6 Å². The van der Waals surface area contributed by atoms with Crippen LogP contribution in [0.3, 0.4) is 0 Å². The maximum Gasteiger partial charge on any atom is 0.0694 e. The SMILES string of the molecule is C=Cc1cc(C(C)C)ccc1N=C.CC.CC. The summed E-state index contributed by atoms with van der Waals surface area (Å²) in [6, 6.07) is 6.18. The summed E-state index contributed by atoms with van der Waals surface area (Å²) in [5.74, 6) is 0.539. The molecule has 0 heterocycles. The van der Waals surface area contributed by atoms with Gasteiger partial charge in [0.1, 0.15) is 0 Å². The van der Waals surface area contributed by atoms with Crippen LogP contribution in [0.4, 0.5) is 5.69 Å². The quantitative estimate of drug-likeness (QED) is 0.582. The largest absolute Gasteiger partial charge is 0.264 e. The third-order valence-corrected chi connectivity index (χ3v) is 2.11. The minimum absolute atomic E-state index is 0.539. The van der Waals surface area contributed by atoms with Crippen LogP contribution >= 0.6 is 0 Å². The maximum atomic E-state index is 3.92. The van der Waals surface area contributed by atoms with Gasteiger partial charge >= 0.3 is 0 Å². The molecule has 1 nitrogen and oxygen atoms in total. The first-order valence-corrected chi connectivity index (χ1v) is 6.42. The van der Waals surface area contributed by atoms with E-state index in [0.717, 1.165) is 11.3 Å². The lowest BCUT2D eigenvalue weighted by Gasteiger charge is -2.07. The molecule has 0 spiro atoms. The van der Waals surface area contributed by atoms with Crippen molar-refractivity contribution in [1.29, 1.82) is 0 Å². The van der Waals surface area contributed by atoms with Crippen molar-refractivity contribution >= 4 is 18.5 Å². The summed E-state index contributed by atoms with van der Waals surface area (Å²) in [5, 5.41) is 0. The Morgan fingerprint density at radius 2 is 1.65 bits per heavy atom. The van der Waals surface area contributed by atoms with E-state index in [0.29, 0.717) is 5.92 Å². The molecule has 0 aliphatic rings. The van der Waals surface area contributed by atoms with E-state index in [-0.39, 0.29) is 0 Å². The fourth-order valence-corrected chi connectivity index (χ4v) is 1.24. The first kappa shape index (κ1) is 18.0. The topological polar surface area (TPSA) is 12.4 Å². The minimum Gasteiger partial charge on any atom is -0.264 e. The molecule has 1 aromatic carbocycles. The molecule has 1 heteroatoms. The van der Waals surface area contributed by atoms with Crippen LogP contribution in [0.15, 0.2) is 29.8 Å². The molecule has 0 aliphatic carbocycles. The first-order chi connectivity index (χ1) is 8.19. The molecule has 1 aromatic rings. The Bertz CT molecular complexity index is 324. The molecule has 17 heavy (non-hydrogen) atoms. The molecule has 0 saturated carbocycles. The standard InChI is InChI=1S/C12H15N.2C2H6/c1-5-10-8-11(9(2)3)6-7-12(10)13-4;2*1-2/h5-9H,1,4H2,2-3H3;2*1-2H3. The average molecular weight is 233 g/mol. The predicted octanol–water partition coefficient (Wildman–Crippen LogP) is 5.84. The van der Waals surface area contributed by atoms with E-state index in [1.165, 1.54) is 5.56 Å². The zero-order valence-corrected chi connectivity index (χ0v) is 12.2. The third kappa shape index (κ3) is 6.06. The Morgan fingerprint density at radius 3 is 2.00 bits per heavy atom. The first-order valence-electron chi connectivity index (χ1n) is 6.42. The van der Waals surface area contributed by atoms with Gasteiger partial charge in [-0.25, -0.2) is 0 Å². The van der Waals surface area contributed by atoms with Crippen LogP contribution < -0.4 is 0 Å². The van der Waals surface area contributed by atoms with Crippen molar-refractivity contribution in [3.8, 4) is 0 Å². The molecular formula is C16H27N. The summed E-state index contributed by atoms with van der Waals surface area (Å²) < 4.78 is 0. The number of rotatable bonds is 3. The fourth-order valence-electron chi connectivity index (χ4n) is 1.24. The summed E-state index contributed by atoms with van der Waals surface area (Å²) in [4.78, 5) is 3.92. The van der Waals surface area contributed by atoms with Crippen molar-refractivity contribution in [2.45, 2.75) is 47.5 Å².